The molecule has 18 heavy (non-hydrogen) atoms. The van der Waals surface area contributed by atoms with Crippen molar-refractivity contribution in [2.24, 2.45) is 28.9 Å². The van der Waals surface area contributed by atoms with Crippen LogP contribution in [-0.2, 0) is 0 Å². The highest BCUT2D eigenvalue weighted by molar-refractivity contribution is 4.86. The zero-order chi connectivity index (χ0) is 13.8. The van der Waals surface area contributed by atoms with Gasteiger partial charge in [0.25, 0.3) is 0 Å². The first-order chi connectivity index (χ1) is 8.40. The highest BCUT2D eigenvalue weighted by Gasteiger charge is 2.34. The maximum atomic E-state index is 9.24. The maximum Gasteiger partial charge on any atom is 0.0434 e. The van der Waals surface area contributed by atoms with Gasteiger partial charge in [-0.3, -0.25) is 0 Å². The molecule has 0 aliphatic heterocycles. The lowest BCUT2D eigenvalue weighted by atomic mass is 9.66. The molecule has 0 heterocycles. The molecule has 0 amide bonds. The summed E-state index contributed by atoms with van der Waals surface area (Å²) < 4.78 is 0. The van der Waals surface area contributed by atoms with Gasteiger partial charge in [0.2, 0.25) is 0 Å². The third-order valence-corrected chi connectivity index (χ3v) is 5.09. The molecule has 1 saturated carbocycles. The quantitative estimate of drug-likeness (QED) is 0.789. The van der Waals surface area contributed by atoms with E-state index in [2.05, 4.69) is 27.7 Å². The van der Waals surface area contributed by atoms with Gasteiger partial charge in [0, 0.05) is 12.6 Å². The summed E-state index contributed by atoms with van der Waals surface area (Å²) in [6.07, 6.45) is 7.21. The average molecular weight is 255 g/mol. The summed E-state index contributed by atoms with van der Waals surface area (Å²) in [5.41, 5.74) is 6.69. The van der Waals surface area contributed by atoms with Crippen molar-refractivity contribution in [3.63, 3.8) is 0 Å². The minimum atomic E-state index is 0.272. The van der Waals surface area contributed by atoms with Crippen LogP contribution in [0.3, 0.4) is 0 Å². The average Bonchev–Trinajstić information content (AvgIpc) is 2.34. The van der Waals surface area contributed by atoms with Crippen molar-refractivity contribution in [2.45, 2.75) is 72.3 Å². The van der Waals surface area contributed by atoms with E-state index in [0.717, 1.165) is 24.7 Å². The van der Waals surface area contributed by atoms with Gasteiger partial charge in [0.1, 0.15) is 0 Å². The molecule has 0 spiro atoms. The zero-order valence-corrected chi connectivity index (χ0v) is 12.8. The predicted molar refractivity (Wildman–Crippen MR) is 78.4 cm³/mol. The lowest BCUT2D eigenvalue weighted by molar-refractivity contribution is 0.101. The van der Waals surface area contributed by atoms with E-state index in [1.807, 2.05) is 0 Å². The van der Waals surface area contributed by atoms with Gasteiger partial charge in [-0.05, 0) is 61.7 Å². The van der Waals surface area contributed by atoms with Gasteiger partial charge in [-0.1, -0.05) is 27.7 Å². The number of aliphatic hydroxyl groups excluding tert-OH is 1. The van der Waals surface area contributed by atoms with Crippen LogP contribution in [-0.4, -0.2) is 17.8 Å². The van der Waals surface area contributed by atoms with Crippen LogP contribution in [0.1, 0.15) is 66.2 Å². The molecule has 0 aromatic carbocycles. The van der Waals surface area contributed by atoms with Crippen molar-refractivity contribution in [3.8, 4) is 0 Å². The molecule has 3 N–H and O–H groups in total. The molecule has 2 heteroatoms. The van der Waals surface area contributed by atoms with Crippen molar-refractivity contribution in [1.29, 1.82) is 0 Å². The molecule has 2 nitrogen and oxygen atoms in total. The number of nitrogens with two attached hydrogens (primary N) is 1. The Bertz CT molecular complexity index is 226. The number of hydrogen-bond acceptors (Lipinski definition) is 2. The Morgan fingerprint density at radius 2 is 1.72 bits per heavy atom. The van der Waals surface area contributed by atoms with Crippen LogP contribution in [0.15, 0.2) is 0 Å². The van der Waals surface area contributed by atoms with Crippen LogP contribution >= 0.6 is 0 Å². The first kappa shape index (κ1) is 16.0. The fraction of sp³-hybridized carbons (Fsp3) is 1.00. The van der Waals surface area contributed by atoms with Gasteiger partial charge in [-0.25, -0.2) is 0 Å². The summed E-state index contributed by atoms with van der Waals surface area (Å²) in [5, 5.41) is 9.24. The summed E-state index contributed by atoms with van der Waals surface area (Å²) in [6, 6.07) is 0.272. The number of hydrogen-bond donors (Lipinski definition) is 2. The topological polar surface area (TPSA) is 46.2 Å². The van der Waals surface area contributed by atoms with E-state index in [0.29, 0.717) is 11.3 Å². The second kappa shape index (κ2) is 6.91. The predicted octanol–water partition coefficient (Wildman–Crippen LogP) is 3.57. The number of rotatable bonds is 5. The summed E-state index contributed by atoms with van der Waals surface area (Å²) in [6.45, 7) is 9.54. The van der Waals surface area contributed by atoms with Crippen molar-refractivity contribution in [1.82, 2.24) is 0 Å². The van der Waals surface area contributed by atoms with E-state index >= 15 is 0 Å². The molecule has 0 aromatic heterocycles. The Morgan fingerprint density at radius 3 is 2.11 bits per heavy atom. The van der Waals surface area contributed by atoms with Gasteiger partial charge >= 0.3 is 0 Å². The molecule has 1 rings (SSSR count). The zero-order valence-electron chi connectivity index (χ0n) is 12.8. The van der Waals surface area contributed by atoms with E-state index in [9.17, 15) is 5.11 Å². The Balaban J connectivity index is 2.53. The SMILES string of the molecule is CCC(N)C(CCO)C1CCC(C(C)(C)C)CC1. The van der Waals surface area contributed by atoms with E-state index in [1.54, 1.807) is 0 Å². The molecule has 0 radical (unpaired) electrons. The highest BCUT2D eigenvalue weighted by atomic mass is 16.3. The molecule has 0 saturated heterocycles. The second-order valence-electron chi connectivity index (χ2n) is 7.23. The van der Waals surface area contributed by atoms with Crippen LogP contribution < -0.4 is 5.73 Å². The first-order valence-corrected chi connectivity index (χ1v) is 7.76. The molecular formula is C16H33NO. The second-order valence-corrected chi connectivity index (χ2v) is 7.23. The molecule has 2 unspecified atom stereocenters. The van der Waals surface area contributed by atoms with Crippen molar-refractivity contribution in [3.05, 3.63) is 0 Å². The Labute approximate surface area is 113 Å². The molecule has 1 aliphatic rings. The molecule has 1 aliphatic carbocycles. The van der Waals surface area contributed by atoms with E-state index < -0.39 is 0 Å². The van der Waals surface area contributed by atoms with Crippen LogP contribution in [0.2, 0.25) is 0 Å². The van der Waals surface area contributed by atoms with Gasteiger partial charge in [-0.2, -0.15) is 0 Å². The van der Waals surface area contributed by atoms with Crippen LogP contribution in [0.25, 0.3) is 0 Å². The van der Waals surface area contributed by atoms with Gasteiger partial charge in [0.15, 0.2) is 0 Å². The monoisotopic (exact) mass is 255 g/mol. The molecule has 0 bridgehead atoms. The minimum absolute atomic E-state index is 0.272. The van der Waals surface area contributed by atoms with Crippen molar-refractivity contribution in [2.75, 3.05) is 6.61 Å². The van der Waals surface area contributed by atoms with E-state index in [-0.39, 0.29) is 12.6 Å². The Kier molecular flexibility index (Phi) is 6.13. The summed E-state index contributed by atoms with van der Waals surface area (Å²) in [4.78, 5) is 0. The Morgan fingerprint density at radius 1 is 1.17 bits per heavy atom. The molecule has 2 atom stereocenters. The molecular weight excluding hydrogens is 222 g/mol. The minimum Gasteiger partial charge on any atom is -0.396 e. The smallest absolute Gasteiger partial charge is 0.0434 e. The molecule has 0 aromatic rings. The van der Waals surface area contributed by atoms with Gasteiger partial charge < -0.3 is 10.8 Å². The standard InChI is InChI=1S/C16H33NO/c1-5-15(17)14(10-11-18)12-6-8-13(9-7-12)16(2,3)4/h12-15,18H,5-11,17H2,1-4H3. The summed E-state index contributed by atoms with van der Waals surface area (Å²) in [5.74, 6) is 2.13. The number of aliphatic hydroxyl groups is 1. The van der Waals surface area contributed by atoms with Crippen molar-refractivity contribution >= 4 is 0 Å². The highest BCUT2D eigenvalue weighted by Crippen LogP contribution is 2.43. The maximum absolute atomic E-state index is 9.24. The normalized spacial score (nSPS) is 29.0. The van der Waals surface area contributed by atoms with Crippen LogP contribution in [0.5, 0.6) is 0 Å². The fourth-order valence-corrected chi connectivity index (χ4v) is 3.66. The van der Waals surface area contributed by atoms with E-state index in [1.165, 1.54) is 25.7 Å². The van der Waals surface area contributed by atoms with E-state index in [4.69, 9.17) is 5.73 Å². The van der Waals surface area contributed by atoms with Gasteiger partial charge in [-0.15, -0.1) is 0 Å². The molecule has 108 valence electrons. The summed E-state index contributed by atoms with van der Waals surface area (Å²) in [7, 11) is 0. The lowest BCUT2D eigenvalue weighted by Gasteiger charge is -2.40. The summed E-state index contributed by atoms with van der Waals surface area (Å²) >= 11 is 0. The van der Waals surface area contributed by atoms with Crippen LogP contribution in [0, 0.1) is 23.2 Å². The third kappa shape index (κ3) is 4.24. The third-order valence-electron chi connectivity index (χ3n) is 5.09. The van der Waals surface area contributed by atoms with Gasteiger partial charge in [0.05, 0.1) is 0 Å². The fourth-order valence-electron chi connectivity index (χ4n) is 3.66. The first-order valence-electron chi connectivity index (χ1n) is 7.76. The lowest BCUT2D eigenvalue weighted by Crippen LogP contribution is -2.38. The van der Waals surface area contributed by atoms with Crippen molar-refractivity contribution < 1.29 is 5.11 Å². The molecule has 1 fully saturated rings. The Hall–Kier alpha value is -0.0800. The van der Waals surface area contributed by atoms with Crippen LogP contribution in [0.4, 0.5) is 0 Å². The largest absolute Gasteiger partial charge is 0.396 e.